The van der Waals surface area contributed by atoms with Crippen molar-refractivity contribution < 1.29 is 17.9 Å². The zero-order valence-corrected chi connectivity index (χ0v) is 23.3. The molecule has 3 unspecified atom stereocenters. The van der Waals surface area contributed by atoms with Crippen molar-refractivity contribution in [2.24, 2.45) is 11.3 Å². The summed E-state index contributed by atoms with van der Waals surface area (Å²) in [6.07, 6.45) is 12.0. The van der Waals surface area contributed by atoms with Gasteiger partial charge in [-0.2, -0.15) is 5.26 Å². The zero-order valence-electron chi connectivity index (χ0n) is 22.5. The molecule has 39 heavy (non-hydrogen) atoms. The van der Waals surface area contributed by atoms with E-state index >= 15 is 0 Å². The summed E-state index contributed by atoms with van der Waals surface area (Å²) in [7, 11) is -3.81. The highest BCUT2D eigenvalue weighted by Gasteiger charge is 2.51. The molecular weight excluding hydrogens is 510 g/mol. The first-order valence-electron chi connectivity index (χ1n) is 14.4. The van der Waals surface area contributed by atoms with Crippen LogP contribution in [0.15, 0.2) is 58.3 Å². The number of rotatable bonds is 5. The molecule has 2 heterocycles. The lowest BCUT2D eigenvalue weighted by Gasteiger charge is -2.46. The number of ether oxygens (including phenoxy) is 1. The predicted octanol–water partition coefficient (Wildman–Crippen LogP) is 4.90. The van der Waals surface area contributed by atoms with E-state index in [-0.39, 0.29) is 32.8 Å². The van der Waals surface area contributed by atoms with E-state index in [0.29, 0.717) is 12.5 Å². The molecule has 1 aliphatic carbocycles. The molecule has 0 aromatic heterocycles. The summed E-state index contributed by atoms with van der Waals surface area (Å²) in [6, 6.07) is 14.6. The number of hydrogen-bond donors (Lipinski definition) is 2. The lowest BCUT2D eigenvalue weighted by atomic mass is 9.63. The summed E-state index contributed by atoms with van der Waals surface area (Å²) in [4.78, 5) is 13.3. The van der Waals surface area contributed by atoms with Gasteiger partial charge in [0.05, 0.1) is 21.5 Å². The maximum Gasteiger partial charge on any atom is 0.249 e. The molecule has 0 bridgehead atoms. The van der Waals surface area contributed by atoms with Crippen LogP contribution in [0, 0.1) is 22.7 Å². The summed E-state index contributed by atoms with van der Waals surface area (Å²) in [5, 5.41) is 15.9. The zero-order chi connectivity index (χ0) is 27.3. The van der Waals surface area contributed by atoms with E-state index in [4.69, 9.17) is 4.74 Å². The highest BCUT2D eigenvalue weighted by atomic mass is 32.2. The Bertz CT molecular complexity index is 1290. The standard InChI is InChI=1S/C31H39N3O4S/c32-19-24-10-6-7-11-29(24)39(36,37)25-14-12-23(13-15-25)20-34-30(35)27-18-26-28(38-27)21-33-22-31(26)16-8-4-2-1-3-5-9-17-31/h6-7,10-15,26-28,33H,1-5,8-9,16-18,20-22H2,(H,34,35). The number of benzene rings is 2. The van der Waals surface area contributed by atoms with Crippen LogP contribution >= 0.6 is 0 Å². The van der Waals surface area contributed by atoms with E-state index in [2.05, 4.69) is 10.6 Å². The first-order valence-corrected chi connectivity index (χ1v) is 15.9. The molecule has 1 saturated carbocycles. The quantitative estimate of drug-likeness (QED) is 0.550. The number of hydrogen-bond acceptors (Lipinski definition) is 6. The Kier molecular flexibility index (Phi) is 8.70. The highest BCUT2D eigenvalue weighted by Crippen LogP contribution is 2.49. The van der Waals surface area contributed by atoms with Gasteiger partial charge in [-0.15, -0.1) is 0 Å². The molecular formula is C31H39N3O4S. The lowest BCUT2D eigenvalue weighted by molar-refractivity contribution is -0.132. The first-order chi connectivity index (χ1) is 18.9. The lowest BCUT2D eigenvalue weighted by Crippen LogP contribution is -2.52. The minimum atomic E-state index is -3.81. The third-order valence-corrected chi connectivity index (χ3v) is 10.8. The van der Waals surface area contributed by atoms with Crippen LogP contribution in [0.3, 0.4) is 0 Å². The van der Waals surface area contributed by atoms with Gasteiger partial charge in [0.2, 0.25) is 15.7 Å². The number of fused-ring (bicyclic) bond motifs is 2. The number of nitriles is 1. The van der Waals surface area contributed by atoms with Crippen LogP contribution in [-0.2, 0) is 25.9 Å². The van der Waals surface area contributed by atoms with Crippen molar-refractivity contribution in [2.75, 3.05) is 13.1 Å². The molecule has 0 radical (unpaired) electrons. The van der Waals surface area contributed by atoms with Crippen LogP contribution in [0.4, 0.5) is 0 Å². The number of nitrogens with one attached hydrogen (secondary N) is 2. The minimum Gasteiger partial charge on any atom is -0.364 e. The van der Waals surface area contributed by atoms with Gasteiger partial charge in [0.1, 0.15) is 12.2 Å². The van der Waals surface area contributed by atoms with E-state index in [0.717, 1.165) is 25.1 Å². The molecule has 7 nitrogen and oxygen atoms in total. The molecule has 5 rings (SSSR count). The van der Waals surface area contributed by atoms with E-state index in [1.165, 1.54) is 82.1 Å². The summed E-state index contributed by atoms with van der Waals surface area (Å²) in [5.41, 5.74) is 1.14. The molecule has 3 atom stereocenters. The number of nitrogens with zero attached hydrogens (tertiary/aromatic N) is 1. The van der Waals surface area contributed by atoms with Crippen molar-refractivity contribution in [3.05, 3.63) is 59.7 Å². The smallest absolute Gasteiger partial charge is 0.249 e. The number of carbonyl (C=O) groups excluding carboxylic acids is 1. The number of sulfone groups is 1. The normalized spacial score (nSPS) is 25.4. The molecule has 208 valence electrons. The minimum absolute atomic E-state index is 0.00358. The number of carbonyl (C=O) groups is 1. The summed E-state index contributed by atoms with van der Waals surface area (Å²) in [5.74, 6) is 0.314. The van der Waals surface area contributed by atoms with Gasteiger partial charge >= 0.3 is 0 Å². The van der Waals surface area contributed by atoms with Crippen LogP contribution in [0.25, 0.3) is 0 Å². The van der Waals surface area contributed by atoms with Crippen molar-refractivity contribution in [3.8, 4) is 6.07 Å². The molecule has 2 aromatic rings. The van der Waals surface area contributed by atoms with Crippen LogP contribution in [-0.4, -0.2) is 39.6 Å². The summed E-state index contributed by atoms with van der Waals surface area (Å²) >= 11 is 0. The van der Waals surface area contributed by atoms with Gasteiger partial charge in [-0.05, 0) is 60.4 Å². The van der Waals surface area contributed by atoms with E-state index < -0.39 is 15.9 Å². The molecule has 2 aliphatic heterocycles. The topological polar surface area (TPSA) is 108 Å². The van der Waals surface area contributed by atoms with Gasteiger partial charge in [0, 0.05) is 19.6 Å². The number of amides is 1. The highest BCUT2D eigenvalue weighted by molar-refractivity contribution is 7.91. The fraction of sp³-hybridized carbons (Fsp3) is 0.548. The van der Waals surface area contributed by atoms with Gasteiger partial charge in [-0.25, -0.2) is 8.42 Å². The third-order valence-electron chi connectivity index (χ3n) is 9.00. The van der Waals surface area contributed by atoms with Crippen molar-refractivity contribution in [3.63, 3.8) is 0 Å². The van der Waals surface area contributed by atoms with Gasteiger partial charge in [0.25, 0.3) is 0 Å². The van der Waals surface area contributed by atoms with Crippen molar-refractivity contribution >= 4 is 15.7 Å². The van der Waals surface area contributed by atoms with Gasteiger partial charge in [-0.1, -0.05) is 69.2 Å². The van der Waals surface area contributed by atoms with Gasteiger partial charge < -0.3 is 15.4 Å². The Morgan fingerprint density at radius 2 is 1.67 bits per heavy atom. The van der Waals surface area contributed by atoms with Crippen LogP contribution < -0.4 is 10.6 Å². The monoisotopic (exact) mass is 549 g/mol. The maximum atomic E-state index is 13.2. The molecule has 8 heteroatoms. The predicted molar refractivity (Wildman–Crippen MR) is 149 cm³/mol. The van der Waals surface area contributed by atoms with Crippen molar-refractivity contribution in [1.29, 1.82) is 5.26 Å². The molecule has 1 amide bonds. The van der Waals surface area contributed by atoms with Crippen LogP contribution in [0.1, 0.15) is 75.3 Å². The number of piperidine rings is 1. The third kappa shape index (κ3) is 6.06. The Labute approximate surface area is 232 Å². The Balaban J connectivity index is 1.20. The fourth-order valence-corrected chi connectivity index (χ4v) is 8.27. The molecule has 2 N–H and O–H groups in total. The summed E-state index contributed by atoms with van der Waals surface area (Å²) < 4.78 is 32.4. The van der Waals surface area contributed by atoms with Crippen molar-refractivity contribution in [1.82, 2.24) is 10.6 Å². The Morgan fingerprint density at radius 3 is 2.36 bits per heavy atom. The molecule has 1 spiro atoms. The second-order valence-corrected chi connectivity index (χ2v) is 13.4. The average Bonchev–Trinajstić information content (AvgIpc) is 3.42. The fourth-order valence-electron chi connectivity index (χ4n) is 6.86. The summed E-state index contributed by atoms with van der Waals surface area (Å²) in [6.45, 7) is 2.13. The molecule has 3 fully saturated rings. The SMILES string of the molecule is N#Cc1ccccc1S(=O)(=O)c1ccc(CNC(=O)C2CC3C(CNCC34CCCCCCCCC4)O2)cc1. The maximum absolute atomic E-state index is 13.2. The molecule has 2 aromatic carbocycles. The van der Waals surface area contributed by atoms with E-state index in [1.807, 2.05) is 6.07 Å². The first kappa shape index (κ1) is 27.8. The average molecular weight is 550 g/mol. The largest absolute Gasteiger partial charge is 0.364 e. The van der Waals surface area contributed by atoms with Crippen molar-refractivity contribution in [2.45, 2.75) is 92.8 Å². The second kappa shape index (κ2) is 12.2. The molecule has 3 aliphatic rings. The van der Waals surface area contributed by atoms with Crippen LogP contribution in [0.2, 0.25) is 0 Å². The Hall–Kier alpha value is -2.73. The van der Waals surface area contributed by atoms with Crippen LogP contribution in [0.5, 0.6) is 0 Å². The van der Waals surface area contributed by atoms with E-state index in [9.17, 15) is 18.5 Å². The molecule has 2 saturated heterocycles. The van der Waals surface area contributed by atoms with E-state index in [1.54, 1.807) is 24.3 Å². The Morgan fingerprint density at radius 1 is 1.00 bits per heavy atom. The van der Waals surface area contributed by atoms with Gasteiger partial charge in [0.15, 0.2) is 0 Å². The van der Waals surface area contributed by atoms with Gasteiger partial charge in [-0.3, -0.25) is 4.79 Å². The second-order valence-electron chi connectivity index (χ2n) is 11.4.